The van der Waals surface area contributed by atoms with Crippen LogP contribution in [0.4, 0.5) is 0 Å². The van der Waals surface area contributed by atoms with Gasteiger partial charge in [-0.1, -0.05) is 13.8 Å². The van der Waals surface area contributed by atoms with E-state index in [1.165, 1.54) is 6.20 Å². The maximum absolute atomic E-state index is 12.4. The van der Waals surface area contributed by atoms with Crippen LogP contribution >= 0.6 is 0 Å². The van der Waals surface area contributed by atoms with Crippen molar-refractivity contribution in [3.8, 4) is 0 Å². The molecule has 0 bridgehead atoms. The van der Waals surface area contributed by atoms with Gasteiger partial charge in [0.15, 0.2) is 5.03 Å². The topological polar surface area (TPSA) is 95.1 Å². The second-order valence-electron chi connectivity index (χ2n) is 5.77. The minimum Gasteiger partial charge on any atom is -0.394 e. The first kappa shape index (κ1) is 15.5. The first-order chi connectivity index (χ1) is 9.41. The molecule has 1 aromatic rings. The predicted octanol–water partition coefficient (Wildman–Crippen LogP) is 1.19. The molecule has 0 unspecified atom stereocenters. The Bertz CT molecular complexity index is 545. The van der Waals surface area contributed by atoms with Gasteiger partial charge in [0.25, 0.3) is 10.0 Å². The van der Waals surface area contributed by atoms with Gasteiger partial charge in [0.2, 0.25) is 0 Å². The summed E-state index contributed by atoms with van der Waals surface area (Å²) in [4.78, 5) is 6.82. The van der Waals surface area contributed by atoms with Gasteiger partial charge in [0, 0.05) is 6.42 Å². The summed E-state index contributed by atoms with van der Waals surface area (Å²) in [5.41, 5.74) is -0.733. The zero-order valence-electron chi connectivity index (χ0n) is 12.0. The number of aromatic nitrogens is 2. The molecule has 0 radical (unpaired) electrons. The zero-order valence-corrected chi connectivity index (χ0v) is 12.8. The summed E-state index contributed by atoms with van der Waals surface area (Å²) in [5.74, 6) is 1.22. The SMILES string of the molecule is CCc1ncc(S(=O)(=O)NC2(CO)CCC(C)CC2)[nH]1. The van der Waals surface area contributed by atoms with Crippen LogP contribution in [0.15, 0.2) is 11.2 Å². The summed E-state index contributed by atoms with van der Waals surface area (Å²) in [7, 11) is -3.67. The van der Waals surface area contributed by atoms with E-state index in [0.717, 1.165) is 12.8 Å². The molecule has 3 N–H and O–H groups in total. The molecule has 0 spiro atoms. The third-order valence-corrected chi connectivity index (χ3v) is 5.60. The minimum absolute atomic E-state index is 0.0702. The molecule has 2 rings (SSSR count). The second kappa shape index (κ2) is 5.83. The molecule has 0 saturated heterocycles. The van der Waals surface area contributed by atoms with Gasteiger partial charge >= 0.3 is 0 Å². The summed E-state index contributed by atoms with van der Waals surface area (Å²) < 4.78 is 27.4. The molecular weight excluding hydrogens is 278 g/mol. The molecule has 0 atom stereocenters. The van der Waals surface area contributed by atoms with Crippen molar-refractivity contribution >= 4 is 10.0 Å². The molecule has 1 heterocycles. The Hall–Kier alpha value is -0.920. The molecule has 0 aromatic carbocycles. The number of H-pyrrole nitrogens is 1. The Labute approximate surface area is 120 Å². The highest BCUT2D eigenvalue weighted by Crippen LogP contribution is 2.32. The standard InChI is InChI=1S/C13H23N3O3S/c1-3-11-14-8-12(15-11)20(18,19)16-13(9-17)6-4-10(2)5-7-13/h8,10,16-17H,3-7,9H2,1-2H3,(H,14,15). The molecule has 0 amide bonds. The Morgan fingerprint density at radius 3 is 2.65 bits per heavy atom. The average molecular weight is 301 g/mol. The Balaban J connectivity index is 2.17. The third kappa shape index (κ3) is 3.21. The van der Waals surface area contributed by atoms with Crippen molar-refractivity contribution in [2.45, 2.75) is 56.5 Å². The lowest BCUT2D eigenvalue weighted by Crippen LogP contribution is -2.53. The van der Waals surface area contributed by atoms with Crippen molar-refractivity contribution in [1.29, 1.82) is 0 Å². The van der Waals surface area contributed by atoms with E-state index in [1.54, 1.807) is 0 Å². The fourth-order valence-corrected chi connectivity index (χ4v) is 4.00. The van der Waals surface area contributed by atoms with E-state index in [-0.39, 0.29) is 11.6 Å². The monoisotopic (exact) mass is 301 g/mol. The van der Waals surface area contributed by atoms with E-state index in [0.29, 0.717) is 31.0 Å². The van der Waals surface area contributed by atoms with Crippen molar-refractivity contribution in [2.24, 2.45) is 5.92 Å². The highest BCUT2D eigenvalue weighted by Gasteiger charge is 2.38. The van der Waals surface area contributed by atoms with Gasteiger partial charge in [-0.2, -0.15) is 0 Å². The molecule has 0 aliphatic heterocycles. The highest BCUT2D eigenvalue weighted by molar-refractivity contribution is 7.89. The Kier molecular flexibility index (Phi) is 4.51. The predicted molar refractivity (Wildman–Crippen MR) is 75.7 cm³/mol. The van der Waals surface area contributed by atoms with E-state index in [2.05, 4.69) is 21.6 Å². The van der Waals surface area contributed by atoms with Crippen LogP contribution in [0.5, 0.6) is 0 Å². The minimum atomic E-state index is -3.67. The van der Waals surface area contributed by atoms with E-state index >= 15 is 0 Å². The molecule has 1 aliphatic carbocycles. The van der Waals surface area contributed by atoms with Crippen LogP contribution in [-0.4, -0.2) is 35.6 Å². The number of aliphatic hydroxyl groups is 1. The van der Waals surface area contributed by atoms with Crippen LogP contribution in [0.3, 0.4) is 0 Å². The number of nitrogens with one attached hydrogen (secondary N) is 2. The molecule has 1 aromatic heterocycles. The molecule has 114 valence electrons. The first-order valence-electron chi connectivity index (χ1n) is 7.09. The van der Waals surface area contributed by atoms with Gasteiger partial charge in [0.05, 0.1) is 18.3 Å². The van der Waals surface area contributed by atoms with Crippen molar-refractivity contribution in [2.75, 3.05) is 6.61 Å². The molecule has 1 saturated carbocycles. The number of aromatic amines is 1. The maximum Gasteiger partial charge on any atom is 0.258 e. The van der Waals surface area contributed by atoms with Crippen LogP contribution < -0.4 is 4.72 Å². The number of aryl methyl sites for hydroxylation is 1. The molecule has 6 nitrogen and oxygen atoms in total. The van der Waals surface area contributed by atoms with Crippen LogP contribution in [0, 0.1) is 5.92 Å². The van der Waals surface area contributed by atoms with Gasteiger partial charge in [0.1, 0.15) is 5.82 Å². The van der Waals surface area contributed by atoms with Crippen LogP contribution in [0.25, 0.3) is 0 Å². The summed E-state index contributed by atoms with van der Waals surface area (Å²) >= 11 is 0. The smallest absolute Gasteiger partial charge is 0.258 e. The van der Waals surface area contributed by atoms with Crippen molar-refractivity contribution in [3.05, 3.63) is 12.0 Å². The van der Waals surface area contributed by atoms with Crippen LogP contribution in [-0.2, 0) is 16.4 Å². The number of hydrogen-bond donors (Lipinski definition) is 3. The molecule has 7 heteroatoms. The van der Waals surface area contributed by atoms with Crippen molar-refractivity contribution in [1.82, 2.24) is 14.7 Å². The number of hydrogen-bond acceptors (Lipinski definition) is 4. The van der Waals surface area contributed by atoms with Gasteiger partial charge < -0.3 is 10.1 Å². The lowest BCUT2D eigenvalue weighted by atomic mass is 9.78. The summed E-state index contributed by atoms with van der Waals surface area (Å²) in [6, 6.07) is 0. The largest absolute Gasteiger partial charge is 0.394 e. The first-order valence-corrected chi connectivity index (χ1v) is 8.58. The van der Waals surface area contributed by atoms with Gasteiger partial charge in [-0.05, 0) is 31.6 Å². The fourth-order valence-electron chi connectivity index (χ4n) is 2.61. The van der Waals surface area contributed by atoms with E-state index in [9.17, 15) is 13.5 Å². The van der Waals surface area contributed by atoms with E-state index in [4.69, 9.17) is 0 Å². The number of imidazole rings is 1. The lowest BCUT2D eigenvalue weighted by molar-refractivity contribution is 0.125. The van der Waals surface area contributed by atoms with Gasteiger partial charge in [-0.3, -0.25) is 0 Å². The molecule has 1 aliphatic rings. The summed E-state index contributed by atoms with van der Waals surface area (Å²) in [6.45, 7) is 3.88. The van der Waals surface area contributed by atoms with E-state index < -0.39 is 15.6 Å². The second-order valence-corrected chi connectivity index (χ2v) is 7.42. The number of aliphatic hydroxyl groups excluding tert-OH is 1. The number of nitrogens with zero attached hydrogens (tertiary/aromatic N) is 1. The Morgan fingerprint density at radius 2 is 2.15 bits per heavy atom. The quantitative estimate of drug-likeness (QED) is 0.761. The summed E-state index contributed by atoms with van der Waals surface area (Å²) in [6.07, 6.45) is 5.16. The number of sulfonamides is 1. The molecule has 1 fully saturated rings. The molecular formula is C13H23N3O3S. The Morgan fingerprint density at radius 1 is 1.50 bits per heavy atom. The van der Waals surface area contributed by atoms with Gasteiger partial charge in [-0.25, -0.2) is 18.1 Å². The lowest BCUT2D eigenvalue weighted by Gasteiger charge is -2.38. The summed E-state index contributed by atoms with van der Waals surface area (Å²) in [5, 5.41) is 9.71. The maximum atomic E-state index is 12.4. The van der Waals surface area contributed by atoms with Gasteiger partial charge in [-0.15, -0.1) is 0 Å². The zero-order chi connectivity index (χ0) is 14.8. The van der Waals surface area contributed by atoms with Crippen molar-refractivity contribution < 1.29 is 13.5 Å². The third-order valence-electron chi connectivity index (χ3n) is 4.11. The molecule has 20 heavy (non-hydrogen) atoms. The normalized spacial score (nSPS) is 27.6. The van der Waals surface area contributed by atoms with E-state index in [1.807, 2.05) is 6.92 Å². The van der Waals surface area contributed by atoms with Crippen molar-refractivity contribution in [3.63, 3.8) is 0 Å². The average Bonchev–Trinajstić information content (AvgIpc) is 2.91. The van der Waals surface area contributed by atoms with Crippen LogP contribution in [0.2, 0.25) is 0 Å². The van der Waals surface area contributed by atoms with Crippen LogP contribution in [0.1, 0.15) is 45.4 Å². The highest BCUT2D eigenvalue weighted by atomic mass is 32.2. The fraction of sp³-hybridized carbons (Fsp3) is 0.769. The number of rotatable bonds is 5.